The number of fused-ring (bicyclic) bond motifs is 1. The summed E-state index contributed by atoms with van der Waals surface area (Å²) in [5.41, 5.74) is 2.23. The van der Waals surface area contributed by atoms with Crippen molar-refractivity contribution in [1.29, 1.82) is 0 Å². The van der Waals surface area contributed by atoms with Crippen LogP contribution < -0.4 is 0 Å². The van der Waals surface area contributed by atoms with Crippen LogP contribution in [0.2, 0.25) is 0 Å². The van der Waals surface area contributed by atoms with Gasteiger partial charge in [-0.05, 0) is 12.0 Å². The monoisotopic (exact) mass is 369 g/mol. The van der Waals surface area contributed by atoms with Gasteiger partial charge in [-0.3, -0.25) is 9.59 Å². The van der Waals surface area contributed by atoms with Gasteiger partial charge in [-0.2, -0.15) is 0 Å². The maximum Gasteiger partial charge on any atom is 0.276 e. The number of hydrogen-bond donors (Lipinski definition) is 0. The summed E-state index contributed by atoms with van der Waals surface area (Å²) in [5, 5.41) is 8.35. The van der Waals surface area contributed by atoms with E-state index in [1.165, 1.54) is 0 Å². The van der Waals surface area contributed by atoms with Gasteiger partial charge in [0.15, 0.2) is 5.69 Å². The Kier molecular flexibility index (Phi) is 4.89. The molecule has 8 nitrogen and oxygen atoms in total. The fourth-order valence-electron chi connectivity index (χ4n) is 3.74. The molecule has 2 aliphatic rings. The summed E-state index contributed by atoms with van der Waals surface area (Å²) in [5.74, 6) is -0.262. The Bertz CT molecular complexity index is 835. The largest absolute Gasteiger partial charge is 0.377 e. The number of ether oxygens (including phenoxy) is 1. The zero-order chi connectivity index (χ0) is 18.8. The SMILES string of the molecule is CCc1c(C(=O)N2CC(=O)N3CCOCC3C2)nnn1Cc1ccccc1. The predicted molar refractivity (Wildman–Crippen MR) is 97.2 cm³/mol. The quantitative estimate of drug-likeness (QED) is 0.787. The van der Waals surface area contributed by atoms with Crippen LogP contribution in [0.25, 0.3) is 0 Å². The van der Waals surface area contributed by atoms with Gasteiger partial charge in [0.2, 0.25) is 5.91 Å². The van der Waals surface area contributed by atoms with Crippen LogP contribution in [0.3, 0.4) is 0 Å². The molecule has 2 aliphatic heterocycles. The van der Waals surface area contributed by atoms with Crippen LogP contribution in [-0.4, -0.2) is 75.5 Å². The Labute approximate surface area is 157 Å². The summed E-state index contributed by atoms with van der Waals surface area (Å²) >= 11 is 0. The molecule has 142 valence electrons. The molecule has 1 unspecified atom stereocenters. The minimum atomic E-state index is -0.232. The fourth-order valence-corrected chi connectivity index (χ4v) is 3.74. The molecule has 8 heteroatoms. The molecular weight excluding hydrogens is 346 g/mol. The van der Waals surface area contributed by atoms with Gasteiger partial charge in [-0.15, -0.1) is 5.10 Å². The summed E-state index contributed by atoms with van der Waals surface area (Å²) in [7, 11) is 0. The van der Waals surface area contributed by atoms with E-state index >= 15 is 0 Å². The molecule has 1 aromatic heterocycles. The summed E-state index contributed by atoms with van der Waals surface area (Å²) in [6.45, 7) is 4.73. The molecule has 0 bridgehead atoms. The first-order valence-corrected chi connectivity index (χ1v) is 9.30. The minimum Gasteiger partial charge on any atom is -0.377 e. The first-order valence-electron chi connectivity index (χ1n) is 9.30. The third-order valence-electron chi connectivity index (χ3n) is 5.14. The highest BCUT2D eigenvalue weighted by Crippen LogP contribution is 2.18. The molecule has 0 spiro atoms. The molecule has 0 aliphatic carbocycles. The number of amides is 2. The van der Waals surface area contributed by atoms with Gasteiger partial charge >= 0.3 is 0 Å². The summed E-state index contributed by atoms with van der Waals surface area (Å²) in [6, 6.07) is 9.87. The van der Waals surface area contributed by atoms with E-state index < -0.39 is 0 Å². The van der Waals surface area contributed by atoms with Gasteiger partial charge in [-0.1, -0.05) is 42.5 Å². The van der Waals surface area contributed by atoms with Gasteiger partial charge in [0, 0.05) is 13.1 Å². The Morgan fingerprint density at radius 1 is 1.30 bits per heavy atom. The van der Waals surface area contributed by atoms with E-state index in [2.05, 4.69) is 10.3 Å². The van der Waals surface area contributed by atoms with Crippen molar-refractivity contribution in [2.75, 3.05) is 32.8 Å². The van der Waals surface area contributed by atoms with E-state index in [0.29, 0.717) is 45.0 Å². The van der Waals surface area contributed by atoms with Gasteiger partial charge in [0.1, 0.15) is 6.54 Å². The number of aromatic nitrogens is 3. The van der Waals surface area contributed by atoms with Gasteiger partial charge in [0.05, 0.1) is 31.5 Å². The second-order valence-corrected chi connectivity index (χ2v) is 6.88. The van der Waals surface area contributed by atoms with Crippen molar-refractivity contribution in [2.24, 2.45) is 0 Å². The molecule has 0 N–H and O–H groups in total. The van der Waals surface area contributed by atoms with Crippen molar-refractivity contribution in [3.63, 3.8) is 0 Å². The number of piperazine rings is 1. The van der Waals surface area contributed by atoms with E-state index in [9.17, 15) is 9.59 Å². The molecule has 1 atom stereocenters. The standard InChI is InChI=1S/C19H23N5O3/c1-2-16-18(20-21-24(16)10-14-6-4-3-5-7-14)19(26)22-11-15-13-27-9-8-23(15)17(25)12-22/h3-7,15H,2,8-13H2,1H3. The van der Waals surface area contributed by atoms with E-state index in [1.807, 2.05) is 42.2 Å². The minimum absolute atomic E-state index is 0.0300. The summed E-state index contributed by atoms with van der Waals surface area (Å²) in [6.07, 6.45) is 0.640. The van der Waals surface area contributed by atoms with Crippen molar-refractivity contribution in [3.8, 4) is 0 Å². The van der Waals surface area contributed by atoms with Crippen LogP contribution in [0.1, 0.15) is 28.7 Å². The Morgan fingerprint density at radius 3 is 2.89 bits per heavy atom. The molecule has 27 heavy (non-hydrogen) atoms. The third kappa shape index (κ3) is 3.44. The van der Waals surface area contributed by atoms with Gasteiger partial charge in [-0.25, -0.2) is 4.68 Å². The Morgan fingerprint density at radius 2 is 2.11 bits per heavy atom. The molecule has 2 fully saturated rings. The number of carbonyl (C=O) groups excluding carboxylic acids is 2. The molecule has 0 radical (unpaired) electrons. The lowest BCUT2D eigenvalue weighted by atomic mass is 10.1. The van der Waals surface area contributed by atoms with E-state index in [4.69, 9.17) is 4.74 Å². The lowest BCUT2D eigenvalue weighted by Crippen LogP contribution is -2.61. The van der Waals surface area contributed by atoms with Crippen molar-refractivity contribution >= 4 is 11.8 Å². The number of benzene rings is 1. The van der Waals surface area contributed by atoms with Crippen molar-refractivity contribution in [1.82, 2.24) is 24.8 Å². The molecule has 3 heterocycles. The number of nitrogens with zero attached hydrogens (tertiary/aromatic N) is 5. The molecule has 2 amide bonds. The third-order valence-corrected chi connectivity index (χ3v) is 5.14. The van der Waals surface area contributed by atoms with Crippen LogP contribution in [-0.2, 0) is 22.5 Å². The van der Waals surface area contributed by atoms with Gasteiger partial charge in [0.25, 0.3) is 5.91 Å². The fraction of sp³-hybridized carbons (Fsp3) is 0.474. The number of morpholine rings is 1. The van der Waals surface area contributed by atoms with Crippen LogP contribution in [0.15, 0.2) is 30.3 Å². The smallest absolute Gasteiger partial charge is 0.276 e. The van der Waals surface area contributed by atoms with Crippen LogP contribution in [0, 0.1) is 0 Å². The van der Waals surface area contributed by atoms with Crippen molar-refractivity contribution in [3.05, 3.63) is 47.3 Å². The number of hydrogen-bond acceptors (Lipinski definition) is 5. The number of rotatable bonds is 4. The molecule has 0 saturated carbocycles. The van der Waals surface area contributed by atoms with Crippen molar-refractivity contribution < 1.29 is 14.3 Å². The second-order valence-electron chi connectivity index (χ2n) is 6.88. The lowest BCUT2D eigenvalue weighted by molar-refractivity contribution is -0.146. The highest BCUT2D eigenvalue weighted by atomic mass is 16.5. The van der Waals surface area contributed by atoms with Crippen LogP contribution in [0.5, 0.6) is 0 Å². The molecule has 2 aromatic rings. The van der Waals surface area contributed by atoms with Crippen molar-refractivity contribution in [2.45, 2.75) is 25.9 Å². The summed E-state index contributed by atoms with van der Waals surface area (Å²) < 4.78 is 7.24. The molecule has 1 aromatic carbocycles. The zero-order valence-corrected chi connectivity index (χ0v) is 15.4. The molecule has 2 saturated heterocycles. The summed E-state index contributed by atoms with van der Waals surface area (Å²) in [4.78, 5) is 28.9. The second kappa shape index (κ2) is 7.48. The topological polar surface area (TPSA) is 80.6 Å². The lowest BCUT2D eigenvalue weighted by Gasteiger charge is -2.43. The number of carbonyl (C=O) groups is 2. The highest BCUT2D eigenvalue weighted by Gasteiger charge is 2.38. The average molecular weight is 369 g/mol. The first-order chi connectivity index (χ1) is 13.2. The maximum absolute atomic E-state index is 13.1. The maximum atomic E-state index is 13.1. The van der Waals surface area contributed by atoms with E-state index in [0.717, 1.165) is 11.3 Å². The van der Waals surface area contributed by atoms with Crippen LogP contribution in [0.4, 0.5) is 0 Å². The van der Waals surface area contributed by atoms with Crippen LogP contribution >= 0.6 is 0 Å². The van der Waals surface area contributed by atoms with E-state index in [1.54, 1.807) is 9.58 Å². The van der Waals surface area contributed by atoms with Gasteiger partial charge < -0.3 is 14.5 Å². The zero-order valence-electron chi connectivity index (χ0n) is 15.4. The first kappa shape index (κ1) is 17.7. The Hall–Kier alpha value is -2.74. The normalized spacial score (nSPS) is 19.9. The molecular formula is C19H23N5O3. The highest BCUT2D eigenvalue weighted by molar-refractivity contribution is 5.96. The van der Waals surface area contributed by atoms with E-state index in [-0.39, 0.29) is 24.4 Å². The average Bonchev–Trinajstić information content (AvgIpc) is 3.10. The molecule has 4 rings (SSSR count). The Balaban J connectivity index is 1.54. The predicted octanol–water partition coefficient (Wildman–Crippen LogP) is 0.572.